The van der Waals surface area contributed by atoms with Crippen LogP contribution >= 0.6 is 0 Å². The van der Waals surface area contributed by atoms with Gasteiger partial charge < -0.3 is 16.1 Å². The average Bonchev–Trinajstić information content (AvgIpc) is 3.48. The van der Waals surface area contributed by atoms with E-state index in [1.165, 1.54) is 60.1 Å². The molecule has 0 heterocycles. The number of aryl methyl sites for hydroxylation is 2. The van der Waals surface area contributed by atoms with Gasteiger partial charge in [0.15, 0.2) is 0 Å². The van der Waals surface area contributed by atoms with Gasteiger partial charge in [-0.25, -0.2) is 0 Å². The molecule has 0 amide bonds. The Kier molecular flexibility index (Phi) is 6.52. The van der Waals surface area contributed by atoms with E-state index in [0.717, 1.165) is 56.8 Å². The molecule has 2 aromatic rings. The molecule has 2 aromatic carbocycles. The zero-order valence-electron chi connectivity index (χ0n) is 24.7. The molecule has 41 heavy (non-hydrogen) atoms. The van der Waals surface area contributed by atoms with Crippen molar-refractivity contribution in [2.45, 2.75) is 103 Å². The normalized spacial score (nSPS) is 39.4. The quantitative estimate of drug-likeness (QED) is 0.234. The third-order valence-corrected chi connectivity index (χ3v) is 13.0. The van der Waals surface area contributed by atoms with Gasteiger partial charge in [0.2, 0.25) is 0 Å². The van der Waals surface area contributed by atoms with Gasteiger partial charge in [-0.15, -0.1) is 0 Å². The molecule has 8 atom stereocenters. The molecule has 6 aliphatic carbocycles. The van der Waals surface area contributed by atoms with E-state index in [2.05, 4.69) is 31.1 Å². The molecule has 4 N–H and O–H groups in total. The zero-order chi connectivity index (χ0) is 28.5. The van der Waals surface area contributed by atoms with Crippen LogP contribution in [0, 0.1) is 34.5 Å². The number of hydrogen-bond acceptors (Lipinski definition) is 5. The molecule has 8 rings (SSSR count). The second-order valence-electron chi connectivity index (χ2n) is 14.6. The third kappa shape index (κ3) is 4.16. The molecule has 0 aliphatic heterocycles. The Morgan fingerprint density at radius 3 is 1.78 bits per heavy atom. The number of rotatable bonds is 0. The van der Waals surface area contributed by atoms with Crippen molar-refractivity contribution < 1.29 is 15.0 Å². The van der Waals surface area contributed by atoms with Crippen molar-refractivity contribution in [2.75, 3.05) is 0 Å². The number of aromatic hydroxyl groups is 2. The Hall–Kier alpha value is -2.82. The van der Waals surface area contributed by atoms with Gasteiger partial charge in [0, 0.05) is 23.0 Å². The first-order valence-corrected chi connectivity index (χ1v) is 16.2. The van der Waals surface area contributed by atoms with Crippen LogP contribution in [0.2, 0.25) is 0 Å². The van der Waals surface area contributed by atoms with Gasteiger partial charge in [-0.1, -0.05) is 26.0 Å². The van der Waals surface area contributed by atoms with Crippen molar-refractivity contribution in [1.29, 1.82) is 0 Å². The lowest BCUT2D eigenvalue weighted by Gasteiger charge is -2.49. The number of phenols is 2. The number of hydrazone groups is 1. The number of carbonyl (C=O) groups is 1. The van der Waals surface area contributed by atoms with Crippen molar-refractivity contribution >= 4 is 11.5 Å². The van der Waals surface area contributed by atoms with Crippen LogP contribution in [0.4, 0.5) is 0 Å². The summed E-state index contributed by atoms with van der Waals surface area (Å²) in [7, 11) is 0. The lowest BCUT2D eigenvalue weighted by Crippen LogP contribution is -2.42. The number of Topliss-reactive ketones (excluding diaryl/α,β-unsaturated/α-hetero) is 1. The molecule has 0 bridgehead atoms. The van der Waals surface area contributed by atoms with Crippen LogP contribution in [0.1, 0.15) is 112 Å². The molecule has 0 spiro atoms. The van der Waals surface area contributed by atoms with Crippen LogP contribution < -0.4 is 5.84 Å². The highest BCUT2D eigenvalue weighted by Crippen LogP contribution is 2.61. The van der Waals surface area contributed by atoms with E-state index >= 15 is 0 Å². The fraction of sp³-hybridized carbons (Fsp3) is 0.611. The summed E-state index contributed by atoms with van der Waals surface area (Å²) >= 11 is 0. The second-order valence-corrected chi connectivity index (χ2v) is 14.6. The van der Waals surface area contributed by atoms with E-state index in [9.17, 15) is 15.0 Å². The first kappa shape index (κ1) is 27.0. The summed E-state index contributed by atoms with van der Waals surface area (Å²) in [6.07, 6.45) is 13.5. The Bertz CT molecular complexity index is 1400. The predicted octanol–water partition coefficient (Wildman–Crippen LogP) is 7.38. The summed E-state index contributed by atoms with van der Waals surface area (Å²) in [5.41, 5.74) is 7.09. The number of ketones is 1. The van der Waals surface area contributed by atoms with Gasteiger partial charge in [-0.2, -0.15) is 5.10 Å². The molecule has 218 valence electrons. The SMILES string of the molecule is C[C@]12CCC3c4ccc(O)cc4CCC3C1CC/C2=N\N.C[C@]12CCC3c4ccc(O)cc4CCC3C1CCC2=O. The molecule has 6 unspecified atom stereocenters. The van der Waals surface area contributed by atoms with Crippen LogP contribution in [0.3, 0.4) is 0 Å². The number of phenolic OH excluding ortho intramolecular Hbond substituents is 2. The first-order valence-electron chi connectivity index (χ1n) is 16.2. The molecule has 6 aliphatic rings. The predicted molar refractivity (Wildman–Crippen MR) is 162 cm³/mol. The Labute approximate surface area is 244 Å². The van der Waals surface area contributed by atoms with Crippen LogP contribution in [0.25, 0.3) is 0 Å². The van der Waals surface area contributed by atoms with Crippen LogP contribution in [0.5, 0.6) is 11.5 Å². The summed E-state index contributed by atoms with van der Waals surface area (Å²) in [6, 6.07) is 11.9. The standard InChI is InChI=1S/C18H24N2O.C18H22O2/c1-18-9-8-14-13-5-3-12(21)10-11(13)2-4-15(14)16(18)6-7-17(18)20-19;1-18-9-8-14-13-5-3-12(19)10-11(13)2-4-15(14)16(18)6-7-17(18)20/h3,5,10,14-16,21H,2,4,6-9,19H2,1H3;3,5,10,14-16,19H,2,4,6-9H2,1H3/b20-17+;/t2*14?,15?,16?,18-/m00/s1. The summed E-state index contributed by atoms with van der Waals surface area (Å²) in [4.78, 5) is 12.3. The first-order chi connectivity index (χ1) is 19.7. The molecule has 5 heteroatoms. The maximum absolute atomic E-state index is 12.3. The number of benzene rings is 2. The van der Waals surface area contributed by atoms with Gasteiger partial charge in [0.1, 0.15) is 17.3 Å². The average molecular weight is 555 g/mol. The minimum absolute atomic E-state index is 0.0322. The maximum atomic E-state index is 12.3. The number of carbonyl (C=O) groups excluding carboxylic acids is 1. The van der Waals surface area contributed by atoms with Crippen molar-refractivity contribution in [3.8, 4) is 11.5 Å². The highest BCUT2D eigenvalue weighted by molar-refractivity contribution is 5.92. The minimum atomic E-state index is -0.0322. The van der Waals surface area contributed by atoms with E-state index in [4.69, 9.17) is 5.84 Å². The highest BCUT2D eigenvalue weighted by atomic mass is 16.3. The van der Waals surface area contributed by atoms with E-state index in [-0.39, 0.29) is 10.8 Å². The zero-order valence-corrected chi connectivity index (χ0v) is 24.7. The molecule has 0 radical (unpaired) electrons. The second kappa shape index (κ2) is 9.88. The molecule has 4 saturated carbocycles. The number of nitrogens with two attached hydrogens (primary N) is 1. The molecule has 0 aromatic heterocycles. The van der Waals surface area contributed by atoms with Crippen molar-refractivity contribution in [2.24, 2.45) is 45.4 Å². The van der Waals surface area contributed by atoms with Crippen molar-refractivity contribution in [1.82, 2.24) is 0 Å². The van der Waals surface area contributed by atoms with E-state index < -0.39 is 0 Å². The lowest BCUT2D eigenvalue weighted by atomic mass is 9.55. The number of fused-ring (bicyclic) bond motifs is 10. The summed E-state index contributed by atoms with van der Waals surface area (Å²) in [5, 5.41) is 23.5. The van der Waals surface area contributed by atoms with Crippen LogP contribution in [-0.2, 0) is 17.6 Å². The van der Waals surface area contributed by atoms with Gasteiger partial charge in [0.05, 0.1) is 0 Å². The smallest absolute Gasteiger partial charge is 0.139 e. The van der Waals surface area contributed by atoms with Gasteiger partial charge in [-0.05, 0) is 153 Å². The van der Waals surface area contributed by atoms with Gasteiger partial charge in [0.25, 0.3) is 0 Å². The van der Waals surface area contributed by atoms with E-state index in [0.29, 0.717) is 41.0 Å². The van der Waals surface area contributed by atoms with Crippen LogP contribution in [0.15, 0.2) is 41.5 Å². The largest absolute Gasteiger partial charge is 0.508 e. The Morgan fingerprint density at radius 2 is 1.22 bits per heavy atom. The van der Waals surface area contributed by atoms with Crippen molar-refractivity contribution in [3.63, 3.8) is 0 Å². The topological polar surface area (TPSA) is 95.9 Å². The number of nitrogens with zero attached hydrogens (tertiary/aromatic N) is 1. The summed E-state index contributed by atoms with van der Waals surface area (Å²) in [5.74, 6) is 11.0. The molecular weight excluding hydrogens is 508 g/mol. The van der Waals surface area contributed by atoms with Crippen molar-refractivity contribution in [3.05, 3.63) is 58.7 Å². The fourth-order valence-corrected chi connectivity index (χ4v) is 10.9. The maximum Gasteiger partial charge on any atom is 0.139 e. The molecular formula is C36H46N2O3. The molecule has 0 saturated heterocycles. The minimum Gasteiger partial charge on any atom is -0.508 e. The Balaban J connectivity index is 0.000000135. The van der Waals surface area contributed by atoms with Crippen LogP contribution in [-0.4, -0.2) is 21.7 Å². The fourth-order valence-electron chi connectivity index (χ4n) is 10.9. The van der Waals surface area contributed by atoms with Gasteiger partial charge in [-0.3, -0.25) is 4.79 Å². The Morgan fingerprint density at radius 1 is 0.707 bits per heavy atom. The molecule has 5 nitrogen and oxygen atoms in total. The number of hydrogen-bond donors (Lipinski definition) is 3. The summed E-state index contributed by atoms with van der Waals surface area (Å²) < 4.78 is 0. The van der Waals surface area contributed by atoms with Gasteiger partial charge >= 0.3 is 0 Å². The molecule has 4 fully saturated rings. The lowest BCUT2D eigenvalue weighted by molar-refractivity contribution is -0.129. The van der Waals surface area contributed by atoms with E-state index in [1.54, 1.807) is 0 Å². The monoisotopic (exact) mass is 554 g/mol. The third-order valence-electron chi connectivity index (χ3n) is 13.0. The highest BCUT2D eigenvalue weighted by Gasteiger charge is 2.55. The summed E-state index contributed by atoms with van der Waals surface area (Å²) in [6.45, 7) is 4.61. The van der Waals surface area contributed by atoms with E-state index in [1.807, 2.05) is 24.3 Å².